The van der Waals surface area contributed by atoms with Crippen molar-refractivity contribution in [2.45, 2.75) is 5.41 Å². The maximum Gasteiger partial charge on any atom is 0.153 e. The fraction of sp³-hybridized carbons (Fsp3) is 0.0182. The van der Waals surface area contributed by atoms with Crippen molar-refractivity contribution >= 4 is 38.9 Å². The van der Waals surface area contributed by atoms with Gasteiger partial charge in [0.25, 0.3) is 0 Å². The van der Waals surface area contributed by atoms with Gasteiger partial charge in [-0.15, -0.1) is 0 Å². The fourth-order valence-electron chi connectivity index (χ4n) is 10.5. The lowest BCUT2D eigenvalue weighted by molar-refractivity contribution is 0.536. The number of para-hydroxylation sites is 3. The van der Waals surface area contributed by atoms with Crippen molar-refractivity contribution in [2.75, 3.05) is 4.90 Å². The number of rotatable bonds is 4. The van der Waals surface area contributed by atoms with Gasteiger partial charge in [0.1, 0.15) is 46.4 Å². The van der Waals surface area contributed by atoms with Crippen LogP contribution >= 0.6 is 0 Å². The Balaban J connectivity index is 1.25. The van der Waals surface area contributed by atoms with E-state index in [0.29, 0.717) is 64.0 Å². The lowest BCUT2D eigenvalue weighted by Gasteiger charge is -2.45. The third-order valence-electron chi connectivity index (χ3n) is 12.9. The van der Waals surface area contributed by atoms with Crippen molar-refractivity contribution in [2.24, 2.45) is 0 Å². The van der Waals surface area contributed by atoms with Gasteiger partial charge in [-0.2, -0.15) is 0 Å². The molecule has 1 aliphatic heterocycles. The van der Waals surface area contributed by atoms with Crippen LogP contribution in [-0.2, 0) is 5.41 Å². The molecule has 2 heterocycles. The molecule has 0 amide bonds. The summed E-state index contributed by atoms with van der Waals surface area (Å²) in [6, 6.07) is 41.2. The Kier molecular flexibility index (Phi) is 8.52. The molecule has 320 valence electrons. The number of hydrogen-bond acceptors (Lipinski definition) is 1. The maximum atomic E-state index is 16.1. The molecule has 0 radical (unpaired) electrons. The van der Waals surface area contributed by atoms with Crippen LogP contribution in [0.4, 0.5) is 56.6 Å². The first-order valence-corrected chi connectivity index (χ1v) is 20.7. The second kappa shape index (κ2) is 14.2. The van der Waals surface area contributed by atoms with E-state index < -0.39 is 74.6 Å². The monoisotopic (exact) mass is 886 g/mol. The van der Waals surface area contributed by atoms with Crippen molar-refractivity contribution < 1.29 is 39.5 Å². The molecule has 12 rings (SSSR count). The second-order valence-corrected chi connectivity index (χ2v) is 16.4. The van der Waals surface area contributed by atoms with Crippen LogP contribution in [0.2, 0.25) is 0 Å². The zero-order valence-electron chi connectivity index (χ0n) is 33.9. The number of nitrogens with zero attached hydrogens (tertiary/aromatic N) is 2. The largest absolute Gasteiger partial charge is 0.310 e. The Labute approximate surface area is 369 Å². The molecule has 0 saturated heterocycles. The molecular weight excluding hydrogens is 860 g/mol. The Morgan fingerprint density at radius 2 is 0.818 bits per heavy atom. The molecule has 11 heteroatoms. The van der Waals surface area contributed by atoms with E-state index in [4.69, 9.17) is 0 Å². The minimum Gasteiger partial charge on any atom is -0.310 e. The minimum absolute atomic E-state index is 0.00467. The first-order valence-electron chi connectivity index (χ1n) is 20.7. The topological polar surface area (TPSA) is 8.17 Å². The van der Waals surface area contributed by atoms with Gasteiger partial charge < -0.3 is 9.47 Å². The van der Waals surface area contributed by atoms with Gasteiger partial charge >= 0.3 is 0 Å². The average molecular weight is 887 g/mol. The van der Waals surface area contributed by atoms with E-state index in [1.807, 2.05) is 84.9 Å². The minimum atomic E-state index is -1.30. The fourth-order valence-corrected chi connectivity index (χ4v) is 10.5. The highest BCUT2D eigenvalue weighted by atomic mass is 19.2. The summed E-state index contributed by atoms with van der Waals surface area (Å²) in [6.07, 6.45) is 0. The van der Waals surface area contributed by atoms with Gasteiger partial charge in [-0.25, -0.2) is 39.5 Å². The molecule has 0 saturated carbocycles. The molecule has 2 aliphatic rings. The van der Waals surface area contributed by atoms with Crippen molar-refractivity contribution in [3.63, 3.8) is 0 Å². The first kappa shape index (κ1) is 39.5. The van der Waals surface area contributed by atoms with E-state index in [0.717, 1.165) is 28.2 Å². The number of halogens is 9. The van der Waals surface area contributed by atoms with Crippen LogP contribution < -0.4 is 4.90 Å². The third kappa shape index (κ3) is 5.46. The van der Waals surface area contributed by atoms with Crippen LogP contribution in [0.3, 0.4) is 0 Å². The number of aromatic nitrogens is 1. The lowest BCUT2D eigenvalue weighted by Crippen LogP contribution is -2.36. The van der Waals surface area contributed by atoms with Gasteiger partial charge in [0.2, 0.25) is 0 Å². The summed E-state index contributed by atoms with van der Waals surface area (Å²) in [6.45, 7) is 0. The number of anilines is 3. The highest BCUT2D eigenvalue weighted by Gasteiger charge is 2.52. The molecule has 0 atom stereocenters. The molecule has 1 aromatic heterocycles. The number of hydrogen-bond donors (Lipinski definition) is 0. The molecule has 66 heavy (non-hydrogen) atoms. The lowest BCUT2D eigenvalue weighted by atomic mass is 9.64. The van der Waals surface area contributed by atoms with E-state index in [2.05, 4.69) is 4.90 Å². The summed E-state index contributed by atoms with van der Waals surface area (Å²) in [5, 5.41) is 0.641. The smallest absolute Gasteiger partial charge is 0.153 e. The second-order valence-electron chi connectivity index (χ2n) is 16.4. The van der Waals surface area contributed by atoms with Crippen LogP contribution in [0.15, 0.2) is 164 Å². The van der Waals surface area contributed by atoms with Crippen molar-refractivity contribution in [3.05, 3.63) is 238 Å². The van der Waals surface area contributed by atoms with Gasteiger partial charge in [0.15, 0.2) is 11.6 Å². The average Bonchev–Trinajstić information content (AvgIpc) is 3.74. The van der Waals surface area contributed by atoms with Gasteiger partial charge in [-0.05, 0) is 99.1 Å². The van der Waals surface area contributed by atoms with E-state index >= 15 is 26.3 Å². The van der Waals surface area contributed by atoms with Crippen LogP contribution in [0.5, 0.6) is 0 Å². The summed E-state index contributed by atoms with van der Waals surface area (Å²) < 4.78 is 139. The van der Waals surface area contributed by atoms with E-state index in [-0.39, 0.29) is 27.5 Å². The SMILES string of the molecule is Fc1cc(F)c(-c2ccc3c(c2)C2(c4cc5c6cc(-c7c(F)cc(F)cc7F)ccc6n(-c6c(F)cc(F)cc6F)c5cc4-3)c3ccccc3N(c3ccccc3)c3ccccc32)c(F)c1. The molecule has 2 nitrogen and oxygen atoms in total. The third-order valence-corrected chi connectivity index (χ3v) is 12.9. The number of benzene rings is 9. The highest BCUT2D eigenvalue weighted by Crippen LogP contribution is 2.64. The molecule has 1 aliphatic carbocycles. The van der Waals surface area contributed by atoms with E-state index in [1.165, 1.54) is 28.8 Å². The van der Waals surface area contributed by atoms with Gasteiger partial charge in [-0.1, -0.05) is 72.8 Å². The Bertz CT molecular complexity index is 3610. The molecular formula is C55H27F9N2. The molecule has 9 aromatic carbocycles. The van der Waals surface area contributed by atoms with Crippen LogP contribution in [0.1, 0.15) is 22.3 Å². The summed E-state index contributed by atoms with van der Waals surface area (Å²) >= 11 is 0. The van der Waals surface area contributed by atoms with Crippen LogP contribution in [0, 0.1) is 52.4 Å². The highest BCUT2D eigenvalue weighted by molar-refractivity contribution is 6.13. The van der Waals surface area contributed by atoms with E-state index in [1.54, 1.807) is 18.2 Å². The Morgan fingerprint density at radius 1 is 0.348 bits per heavy atom. The maximum absolute atomic E-state index is 16.1. The standard InChI is InChI=1S/C55H27F9N2/c56-30-20-42(59)52(43(60)21-30)28-15-17-48-36(18-28)37-26-41-35(27-51(37)66(48)54-46(63)24-32(58)25-47(54)64)34-16-14-29(53-44(61)22-31(57)23-45(53)62)19-40(34)55(41)38-10-4-6-12-49(38)65(33-8-2-1-3-9-33)50-13-7-5-11-39(50)55/h1-27H. The first-order chi connectivity index (χ1) is 31.9. The molecule has 1 spiro atoms. The van der Waals surface area contributed by atoms with Gasteiger partial charge in [0, 0.05) is 52.9 Å². The Morgan fingerprint density at radius 3 is 1.39 bits per heavy atom. The van der Waals surface area contributed by atoms with Gasteiger partial charge in [-0.3, -0.25) is 0 Å². The van der Waals surface area contributed by atoms with Crippen molar-refractivity contribution in [3.8, 4) is 39.1 Å². The zero-order chi connectivity index (χ0) is 45.3. The molecule has 0 bridgehead atoms. The van der Waals surface area contributed by atoms with Crippen LogP contribution in [-0.4, -0.2) is 4.57 Å². The van der Waals surface area contributed by atoms with Gasteiger partial charge in [0.05, 0.1) is 39.0 Å². The normalized spacial score (nSPS) is 13.3. The summed E-state index contributed by atoms with van der Waals surface area (Å²) in [5.41, 5.74) is 3.82. The number of fused-ring (bicyclic) bond motifs is 12. The Hall–Kier alpha value is -8.05. The predicted octanol–water partition coefficient (Wildman–Crippen LogP) is 15.5. The summed E-state index contributed by atoms with van der Waals surface area (Å²) in [4.78, 5) is 2.11. The molecule has 10 aromatic rings. The zero-order valence-corrected chi connectivity index (χ0v) is 33.9. The van der Waals surface area contributed by atoms with Crippen molar-refractivity contribution in [1.29, 1.82) is 0 Å². The predicted molar refractivity (Wildman–Crippen MR) is 237 cm³/mol. The van der Waals surface area contributed by atoms with E-state index in [9.17, 15) is 13.2 Å². The summed E-state index contributed by atoms with van der Waals surface area (Å²) in [7, 11) is 0. The quantitative estimate of drug-likeness (QED) is 0.160. The molecule has 0 N–H and O–H groups in total. The molecule has 0 fully saturated rings. The van der Waals surface area contributed by atoms with Crippen molar-refractivity contribution in [1.82, 2.24) is 4.57 Å². The van der Waals surface area contributed by atoms with Crippen LogP contribution in [0.25, 0.3) is 60.9 Å². The summed E-state index contributed by atoms with van der Waals surface area (Å²) in [5.74, 6) is -10.4. The molecule has 0 unspecified atom stereocenters.